The first kappa shape index (κ1) is 24.3. The van der Waals surface area contributed by atoms with Crippen molar-refractivity contribution in [2.75, 3.05) is 37.0 Å². The molecule has 1 saturated heterocycles. The van der Waals surface area contributed by atoms with Crippen LogP contribution in [0.1, 0.15) is 23.2 Å². The average Bonchev–Trinajstić information content (AvgIpc) is 3.30. The van der Waals surface area contributed by atoms with E-state index in [2.05, 4.69) is 20.9 Å². The highest BCUT2D eigenvalue weighted by molar-refractivity contribution is 9.10. The number of imide groups is 1. The van der Waals surface area contributed by atoms with Crippen molar-refractivity contribution < 1.29 is 26.8 Å². The van der Waals surface area contributed by atoms with Crippen LogP contribution in [0.2, 0.25) is 0 Å². The van der Waals surface area contributed by atoms with Crippen LogP contribution in [0.4, 0.5) is 10.8 Å². The van der Waals surface area contributed by atoms with Gasteiger partial charge in [0.2, 0.25) is 11.8 Å². The Bertz CT molecular complexity index is 1170. The highest BCUT2D eigenvalue weighted by Gasteiger charge is 2.31. The maximum absolute atomic E-state index is 13.5. The molecule has 3 aromatic rings. The lowest BCUT2D eigenvalue weighted by Crippen LogP contribution is -3.00. The molecule has 0 N–H and O–H groups in total. The molecule has 10 heteroatoms. The number of carbonyl (C=O) groups excluding carboxylic acids is 3. The number of nitrogens with zero attached hydrogens (tertiary/aromatic N) is 4. The largest absolute Gasteiger partial charge is 1.00 e. The summed E-state index contributed by atoms with van der Waals surface area (Å²) in [6.45, 7) is 1.12. The number of rotatable bonds is 6. The minimum atomic E-state index is -0.240. The van der Waals surface area contributed by atoms with Crippen molar-refractivity contribution in [2.24, 2.45) is 0 Å². The van der Waals surface area contributed by atoms with Crippen molar-refractivity contribution in [3.8, 4) is 0 Å². The van der Waals surface area contributed by atoms with Crippen LogP contribution in [0, 0.1) is 0 Å². The molecule has 3 amide bonds. The molecule has 0 saturated carbocycles. The van der Waals surface area contributed by atoms with E-state index in [1.165, 1.54) is 11.3 Å². The van der Waals surface area contributed by atoms with E-state index in [1.54, 1.807) is 29.2 Å². The van der Waals surface area contributed by atoms with Gasteiger partial charge in [-0.15, -0.1) is 0 Å². The van der Waals surface area contributed by atoms with Gasteiger partial charge in [0.15, 0.2) is 5.13 Å². The van der Waals surface area contributed by atoms with Gasteiger partial charge in [-0.05, 0) is 50.5 Å². The molecular weight excluding hydrogens is 516 g/mol. The number of anilines is 2. The van der Waals surface area contributed by atoms with E-state index in [0.29, 0.717) is 29.5 Å². The number of halogens is 2. The minimum absolute atomic E-state index is 0. The molecule has 0 aliphatic carbocycles. The van der Waals surface area contributed by atoms with Crippen LogP contribution < -0.4 is 22.2 Å². The molecule has 2 aromatic carbocycles. The van der Waals surface area contributed by atoms with Crippen LogP contribution in [-0.4, -0.2) is 54.8 Å². The van der Waals surface area contributed by atoms with Gasteiger partial charge in [-0.2, -0.15) is 0 Å². The second-order valence-corrected chi connectivity index (χ2v) is 9.47. The zero-order chi connectivity index (χ0) is 22.1. The van der Waals surface area contributed by atoms with Crippen molar-refractivity contribution in [3.05, 3.63) is 52.5 Å². The molecule has 0 unspecified atom stereocenters. The lowest BCUT2D eigenvalue weighted by molar-refractivity contribution is -0.121. The summed E-state index contributed by atoms with van der Waals surface area (Å²) in [6.07, 6.45) is 0.403. The van der Waals surface area contributed by atoms with Crippen molar-refractivity contribution >= 4 is 66.0 Å². The fraction of sp³-hybridized carbons (Fsp3) is 0.273. The van der Waals surface area contributed by atoms with Crippen molar-refractivity contribution in [3.63, 3.8) is 0 Å². The number of likely N-dealkylation sites (N-methyl/N-ethyl adjacent to an activating group) is 1. The van der Waals surface area contributed by atoms with E-state index >= 15 is 0 Å². The predicted octanol–water partition coefficient (Wildman–Crippen LogP) is 0.925. The van der Waals surface area contributed by atoms with E-state index in [1.807, 2.05) is 37.2 Å². The Labute approximate surface area is 204 Å². The molecule has 0 bridgehead atoms. The van der Waals surface area contributed by atoms with Crippen LogP contribution in [0.3, 0.4) is 0 Å². The number of hydrogen-bond acceptors (Lipinski definition) is 6. The van der Waals surface area contributed by atoms with Crippen LogP contribution in [0.5, 0.6) is 0 Å². The molecule has 2 heterocycles. The molecule has 7 nitrogen and oxygen atoms in total. The maximum atomic E-state index is 13.5. The number of amides is 3. The Morgan fingerprint density at radius 1 is 1.09 bits per heavy atom. The van der Waals surface area contributed by atoms with Gasteiger partial charge in [-0.1, -0.05) is 33.3 Å². The first-order valence-electron chi connectivity index (χ1n) is 9.82. The lowest BCUT2D eigenvalue weighted by Gasteiger charge is -2.22. The molecule has 1 aliphatic heterocycles. The SMILES string of the molecule is CN(C)CCN(C(=O)c1cccc(N2C(=O)CCC2=O)c1)c1nc2ccc(Br)cc2s1.[Cl-]. The molecule has 1 fully saturated rings. The summed E-state index contributed by atoms with van der Waals surface area (Å²) < 4.78 is 1.93. The molecule has 32 heavy (non-hydrogen) atoms. The van der Waals surface area contributed by atoms with Gasteiger partial charge in [0.05, 0.1) is 15.9 Å². The number of aromatic nitrogens is 1. The highest BCUT2D eigenvalue weighted by atomic mass is 79.9. The fourth-order valence-corrected chi connectivity index (χ4v) is 4.93. The number of hydrogen-bond donors (Lipinski definition) is 0. The van der Waals surface area contributed by atoms with Crippen molar-refractivity contribution in [2.45, 2.75) is 12.8 Å². The zero-order valence-corrected chi connectivity index (χ0v) is 20.7. The smallest absolute Gasteiger partial charge is 0.260 e. The Balaban J connectivity index is 0.00000289. The third-order valence-electron chi connectivity index (χ3n) is 4.99. The predicted molar refractivity (Wildman–Crippen MR) is 126 cm³/mol. The van der Waals surface area contributed by atoms with E-state index < -0.39 is 0 Å². The first-order valence-corrected chi connectivity index (χ1v) is 11.4. The summed E-state index contributed by atoms with van der Waals surface area (Å²) in [6, 6.07) is 12.5. The Morgan fingerprint density at radius 3 is 2.50 bits per heavy atom. The quantitative estimate of drug-likeness (QED) is 0.438. The van der Waals surface area contributed by atoms with Crippen LogP contribution >= 0.6 is 27.3 Å². The Hall–Kier alpha value is -2.33. The second-order valence-electron chi connectivity index (χ2n) is 7.54. The third-order valence-corrected chi connectivity index (χ3v) is 6.52. The first-order chi connectivity index (χ1) is 14.8. The number of fused-ring (bicyclic) bond motifs is 1. The minimum Gasteiger partial charge on any atom is -1.00 e. The average molecular weight is 537 g/mol. The summed E-state index contributed by atoms with van der Waals surface area (Å²) in [7, 11) is 3.90. The van der Waals surface area contributed by atoms with Gasteiger partial charge in [0.1, 0.15) is 0 Å². The van der Waals surface area contributed by atoms with Gasteiger partial charge in [0, 0.05) is 36.0 Å². The molecule has 0 atom stereocenters. The maximum Gasteiger partial charge on any atom is 0.260 e. The van der Waals surface area contributed by atoms with Gasteiger partial charge >= 0.3 is 0 Å². The van der Waals surface area contributed by atoms with Crippen LogP contribution in [0.15, 0.2) is 46.9 Å². The van der Waals surface area contributed by atoms with Gasteiger partial charge < -0.3 is 17.3 Å². The molecule has 1 aliphatic rings. The Morgan fingerprint density at radius 2 is 1.81 bits per heavy atom. The number of thiazole rings is 1. The van der Waals surface area contributed by atoms with E-state index in [4.69, 9.17) is 0 Å². The van der Waals surface area contributed by atoms with Gasteiger partial charge in [0.25, 0.3) is 5.91 Å². The zero-order valence-electron chi connectivity index (χ0n) is 17.5. The van der Waals surface area contributed by atoms with Crippen molar-refractivity contribution in [1.82, 2.24) is 9.88 Å². The monoisotopic (exact) mass is 535 g/mol. The molecule has 0 radical (unpaired) electrons. The highest BCUT2D eigenvalue weighted by Crippen LogP contribution is 2.32. The van der Waals surface area contributed by atoms with Crippen LogP contribution in [-0.2, 0) is 9.59 Å². The van der Waals surface area contributed by atoms with E-state index in [0.717, 1.165) is 19.6 Å². The van der Waals surface area contributed by atoms with Gasteiger partial charge in [-0.3, -0.25) is 24.2 Å². The Kier molecular flexibility index (Phi) is 7.66. The molecule has 4 rings (SSSR count). The number of benzene rings is 2. The third kappa shape index (κ3) is 5.01. The lowest BCUT2D eigenvalue weighted by atomic mass is 10.1. The van der Waals surface area contributed by atoms with E-state index in [9.17, 15) is 14.4 Å². The van der Waals surface area contributed by atoms with Crippen molar-refractivity contribution in [1.29, 1.82) is 0 Å². The summed E-state index contributed by atoms with van der Waals surface area (Å²) in [5, 5.41) is 0.610. The molecular formula is C22H21BrClN4O3S-. The summed E-state index contributed by atoms with van der Waals surface area (Å²) in [4.78, 5) is 47.2. The van der Waals surface area contributed by atoms with Crippen LogP contribution in [0.25, 0.3) is 10.2 Å². The van der Waals surface area contributed by atoms with E-state index in [-0.39, 0.29) is 43.0 Å². The summed E-state index contributed by atoms with van der Waals surface area (Å²) >= 11 is 4.93. The molecule has 168 valence electrons. The summed E-state index contributed by atoms with van der Waals surface area (Å²) in [5.41, 5.74) is 1.66. The normalized spacial score (nSPS) is 13.7. The molecule has 1 aromatic heterocycles. The second kappa shape index (κ2) is 10.1. The van der Waals surface area contributed by atoms with Gasteiger partial charge in [-0.25, -0.2) is 4.98 Å². The molecule has 0 spiro atoms. The topological polar surface area (TPSA) is 73.8 Å². The standard InChI is InChI=1S/C22H21BrN4O3S.ClH/c1-25(2)10-11-26(22-24-17-7-6-15(23)13-18(17)31-22)21(30)14-4-3-5-16(12-14)27-19(28)8-9-20(27)29;/h3-7,12-13H,8-11H2,1-2H3;1H/p-1. The number of carbonyl (C=O) groups is 3. The summed E-state index contributed by atoms with van der Waals surface area (Å²) in [5.74, 6) is -0.701. The fourth-order valence-electron chi connectivity index (χ4n) is 3.38.